The third kappa shape index (κ3) is 13.4. The normalized spacial score (nSPS) is 9.17. The van der Waals surface area contributed by atoms with Crippen LogP contribution in [0, 0.1) is 0 Å². The molecule has 0 aliphatic heterocycles. The van der Waals surface area contributed by atoms with Gasteiger partial charge in [-0.2, -0.15) is 0 Å². The Bertz CT molecular complexity index is 425. The number of hydrogen-bond donors (Lipinski definition) is 1. The molecule has 0 atom stereocenters. The number of rotatable bonds is 8. The number of carboxylic acids is 2. The zero-order valence-corrected chi connectivity index (χ0v) is 19.0. The maximum atomic E-state index is 10.4. The van der Waals surface area contributed by atoms with E-state index in [2.05, 4.69) is 20.8 Å². The van der Waals surface area contributed by atoms with Crippen LogP contribution in [0.4, 0.5) is 0 Å². The summed E-state index contributed by atoms with van der Waals surface area (Å²) >= 11 is 0. The predicted octanol–water partition coefficient (Wildman–Crippen LogP) is -0.590. The Morgan fingerprint density at radius 1 is 1.00 bits per heavy atom. The van der Waals surface area contributed by atoms with Gasteiger partial charge in [-0.15, -0.1) is 0 Å². The van der Waals surface area contributed by atoms with Gasteiger partial charge in [-0.1, -0.05) is 32.9 Å². The van der Waals surface area contributed by atoms with Gasteiger partial charge < -0.3 is 20.5 Å². The summed E-state index contributed by atoms with van der Waals surface area (Å²) in [5, 5.41) is 18.7. The van der Waals surface area contributed by atoms with Crippen molar-refractivity contribution in [3.63, 3.8) is 0 Å². The standard InChI is InChI=1S/C9H21S.C8H6O4.K.H2O/c1-4-7-10(8-5-2)9-6-3;9-7(10)5-2-1-3-6(4-5)8(11)12;;/h4-9H2,1-3H3;1-4H,(H,9,10)(H,11,12);;1H2/q+1;;+1;/p-2. The molecule has 5 nitrogen and oxygen atoms in total. The molecular formula is C17H27KO5S. The minimum Gasteiger partial charge on any atom is -0.870 e. The summed E-state index contributed by atoms with van der Waals surface area (Å²) < 4.78 is 0. The summed E-state index contributed by atoms with van der Waals surface area (Å²) in [4.78, 5) is 20.6. The van der Waals surface area contributed by atoms with Gasteiger partial charge in [-0.05, 0) is 47.9 Å². The summed E-state index contributed by atoms with van der Waals surface area (Å²) in [5.41, 5.74) is -0.188. The molecule has 0 heterocycles. The van der Waals surface area contributed by atoms with E-state index in [0.29, 0.717) is 0 Å². The van der Waals surface area contributed by atoms with Gasteiger partial charge in [0.1, 0.15) is 17.3 Å². The average molecular weight is 383 g/mol. The number of carboxylic acid groups (broad SMARTS) is 2. The van der Waals surface area contributed by atoms with Crippen molar-refractivity contribution >= 4 is 22.8 Å². The fourth-order valence-electron chi connectivity index (χ4n) is 1.95. The van der Waals surface area contributed by atoms with E-state index >= 15 is 0 Å². The fraction of sp³-hybridized carbons (Fsp3) is 0.529. The molecule has 2 N–H and O–H groups in total. The van der Waals surface area contributed by atoms with Crippen molar-refractivity contribution in [3.8, 4) is 0 Å². The minimum atomic E-state index is -1.38. The molecule has 1 aromatic rings. The Labute approximate surface area is 190 Å². The molecule has 0 radical (unpaired) electrons. The molecule has 1 rings (SSSR count). The van der Waals surface area contributed by atoms with Crippen LogP contribution in [-0.2, 0) is 10.9 Å². The van der Waals surface area contributed by atoms with E-state index in [1.54, 1.807) is 0 Å². The van der Waals surface area contributed by atoms with Crippen molar-refractivity contribution in [1.29, 1.82) is 0 Å². The van der Waals surface area contributed by atoms with Gasteiger partial charge in [0.15, 0.2) is 0 Å². The molecule has 7 heteroatoms. The summed E-state index contributed by atoms with van der Waals surface area (Å²) in [6.45, 7) is 6.89. The fourth-order valence-corrected chi connectivity index (χ4v) is 4.30. The SMILES string of the molecule is CCC[S+](CCC)CCC.O=C([O-])c1cccc(C(=O)O)c1.[K+].[OH-]. The Morgan fingerprint density at radius 2 is 1.42 bits per heavy atom. The first-order valence-corrected chi connectivity index (χ1v) is 9.38. The van der Waals surface area contributed by atoms with Gasteiger partial charge in [-0.3, -0.25) is 0 Å². The average Bonchev–Trinajstić information content (AvgIpc) is 2.49. The van der Waals surface area contributed by atoms with Crippen molar-refractivity contribution in [3.05, 3.63) is 35.4 Å². The van der Waals surface area contributed by atoms with E-state index in [9.17, 15) is 14.7 Å². The monoisotopic (exact) mass is 382 g/mol. The van der Waals surface area contributed by atoms with Gasteiger partial charge in [0.25, 0.3) is 0 Å². The zero-order valence-electron chi connectivity index (χ0n) is 15.1. The van der Waals surface area contributed by atoms with E-state index in [0.717, 1.165) is 17.0 Å². The number of benzene rings is 1. The van der Waals surface area contributed by atoms with E-state index in [1.807, 2.05) is 0 Å². The molecule has 132 valence electrons. The first-order valence-electron chi connectivity index (χ1n) is 7.64. The molecule has 0 amide bonds. The smallest absolute Gasteiger partial charge is 0.870 e. The first kappa shape index (κ1) is 28.9. The van der Waals surface area contributed by atoms with Crippen LogP contribution < -0.4 is 56.5 Å². The van der Waals surface area contributed by atoms with Crippen LogP contribution in [0.5, 0.6) is 0 Å². The van der Waals surface area contributed by atoms with Crippen LogP contribution in [0.3, 0.4) is 0 Å². The molecule has 0 spiro atoms. The van der Waals surface area contributed by atoms with E-state index < -0.39 is 11.9 Å². The van der Waals surface area contributed by atoms with E-state index in [4.69, 9.17) is 5.11 Å². The molecule has 0 saturated heterocycles. The molecule has 0 unspecified atom stereocenters. The second kappa shape index (κ2) is 17.9. The van der Waals surface area contributed by atoms with Gasteiger partial charge in [0.05, 0.1) is 11.5 Å². The summed E-state index contributed by atoms with van der Waals surface area (Å²) in [6, 6.07) is 5.00. The maximum absolute atomic E-state index is 10.4. The van der Waals surface area contributed by atoms with Crippen LogP contribution in [-0.4, -0.2) is 39.8 Å². The van der Waals surface area contributed by atoms with Crippen LogP contribution in [0.25, 0.3) is 0 Å². The van der Waals surface area contributed by atoms with E-state index in [1.165, 1.54) is 54.7 Å². The van der Waals surface area contributed by atoms with Gasteiger partial charge in [-0.25, -0.2) is 4.79 Å². The summed E-state index contributed by atoms with van der Waals surface area (Å²) in [7, 11) is 0.775. The third-order valence-electron chi connectivity index (χ3n) is 2.82. The number of carbonyl (C=O) groups excluding carboxylic acids is 1. The zero-order chi connectivity index (χ0) is 17.0. The van der Waals surface area contributed by atoms with Crippen molar-refractivity contribution < 1.29 is 76.7 Å². The van der Waals surface area contributed by atoms with Crippen molar-refractivity contribution in [2.75, 3.05) is 17.3 Å². The third-order valence-corrected chi connectivity index (χ3v) is 5.78. The Balaban J connectivity index is -0.000000345. The van der Waals surface area contributed by atoms with Gasteiger partial charge >= 0.3 is 57.4 Å². The Kier molecular flexibility index (Phi) is 21.6. The topological polar surface area (TPSA) is 107 Å². The molecule has 0 saturated carbocycles. The quantitative estimate of drug-likeness (QED) is 0.478. The van der Waals surface area contributed by atoms with E-state index in [-0.39, 0.29) is 68.0 Å². The second-order valence-electron chi connectivity index (χ2n) is 4.90. The molecule has 0 aliphatic rings. The number of hydrogen-bond acceptors (Lipinski definition) is 4. The molecule has 0 aliphatic carbocycles. The van der Waals surface area contributed by atoms with Gasteiger partial charge in [0.2, 0.25) is 0 Å². The maximum Gasteiger partial charge on any atom is 1.00 e. The molecule has 24 heavy (non-hydrogen) atoms. The predicted molar refractivity (Wildman–Crippen MR) is 92.5 cm³/mol. The van der Waals surface area contributed by atoms with Crippen molar-refractivity contribution in [1.82, 2.24) is 0 Å². The molecule has 0 bridgehead atoms. The molecular weight excluding hydrogens is 355 g/mol. The van der Waals surface area contributed by atoms with Crippen molar-refractivity contribution in [2.24, 2.45) is 0 Å². The summed E-state index contributed by atoms with van der Waals surface area (Å²) in [6.07, 6.45) is 4.13. The largest absolute Gasteiger partial charge is 1.00 e. The Morgan fingerprint density at radius 3 is 1.75 bits per heavy atom. The number of carbonyl (C=O) groups is 2. The Hall–Kier alpha value is 0.106. The first-order chi connectivity index (χ1) is 10.5. The molecule has 0 fully saturated rings. The number of aromatic carboxylic acids is 2. The van der Waals surface area contributed by atoms with Crippen LogP contribution in [0.2, 0.25) is 0 Å². The molecule has 0 aromatic heterocycles. The van der Waals surface area contributed by atoms with Crippen molar-refractivity contribution in [2.45, 2.75) is 40.0 Å². The molecule has 1 aromatic carbocycles. The van der Waals surface area contributed by atoms with Gasteiger partial charge in [0, 0.05) is 0 Å². The summed E-state index contributed by atoms with van der Waals surface area (Å²) in [5.74, 6) is 1.89. The van der Waals surface area contributed by atoms with Crippen LogP contribution >= 0.6 is 0 Å². The van der Waals surface area contributed by atoms with Crippen LogP contribution in [0.15, 0.2) is 24.3 Å². The minimum absolute atomic E-state index is 0. The van der Waals surface area contributed by atoms with Crippen LogP contribution in [0.1, 0.15) is 60.7 Å². The second-order valence-corrected chi connectivity index (χ2v) is 7.35.